The van der Waals surface area contributed by atoms with E-state index in [0.29, 0.717) is 5.69 Å². The highest BCUT2D eigenvalue weighted by Crippen LogP contribution is 2.22. The number of amides is 1. The number of carbonyl (C=O) groups is 1. The van der Waals surface area contributed by atoms with Crippen LogP contribution in [-0.2, 0) is 14.8 Å². The minimum Gasteiger partial charge on any atom is -0.325 e. The number of likely N-dealkylation sites (N-methyl/N-ethyl adjacent to an activating group) is 1. The highest BCUT2D eigenvalue weighted by Gasteiger charge is 2.27. The number of benzene rings is 1. The zero-order valence-corrected chi connectivity index (χ0v) is 11.5. The molecular weight excluding hydrogens is 266 g/mol. The van der Waals surface area contributed by atoms with Gasteiger partial charge in [0.1, 0.15) is 0 Å². The minimum atomic E-state index is -3.43. The largest absolute Gasteiger partial charge is 0.325 e. The summed E-state index contributed by atoms with van der Waals surface area (Å²) >= 11 is 0. The molecule has 6 nitrogen and oxygen atoms in total. The van der Waals surface area contributed by atoms with Crippen LogP contribution in [0.25, 0.3) is 0 Å². The first kappa shape index (κ1) is 14.0. The Kier molecular flexibility index (Phi) is 4.18. The van der Waals surface area contributed by atoms with Gasteiger partial charge in [-0.05, 0) is 44.2 Å². The van der Waals surface area contributed by atoms with Gasteiger partial charge in [-0.25, -0.2) is 13.1 Å². The van der Waals surface area contributed by atoms with E-state index in [0.717, 1.165) is 12.8 Å². The van der Waals surface area contributed by atoms with Crippen molar-refractivity contribution in [3.8, 4) is 0 Å². The van der Waals surface area contributed by atoms with Crippen LogP contribution in [0.5, 0.6) is 0 Å². The number of sulfonamides is 1. The van der Waals surface area contributed by atoms with Gasteiger partial charge in [0.25, 0.3) is 0 Å². The third kappa shape index (κ3) is 4.02. The number of hydrogen-bond acceptors (Lipinski definition) is 4. The minimum absolute atomic E-state index is 0.0833. The Morgan fingerprint density at radius 2 is 1.89 bits per heavy atom. The monoisotopic (exact) mass is 283 g/mol. The first-order valence-corrected chi connectivity index (χ1v) is 7.56. The molecule has 0 radical (unpaired) electrons. The number of hydrogen-bond donors (Lipinski definition) is 3. The van der Waals surface area contributed by atoms with E-state index in [1.165, 1.54) is 12.1 Å². The maximum atomic E-state index is 11.9. The highest BCUT2D eigenvalue weighted by molar-refractivity contribution is 7.89. The Bertz CT molecular complexity index is 550. The molecule has 104 valence electrons. The van der Waals surface area contributed by atoms with Crippen molar-refractivity contribution >= 4 is 21.6 Å². The van der Waals surface area contributed by atoms with Crippen molar-refractivity contribution in [3.05, 3.63) is 24.3 Å². The summed E-state index contributed by atoms with van der Waals surface area (Å²) in [5.74, 6) is -0.172. The lowest BCUT2D eigenvalue weighted by Crippen LogP contribution is -2.26. The van der Waals surface area contributed by atoms with Crippen molar-refractivity contribution in [3.63, 3.8) is 0 Å². The Morgan fingerprint density at radius 1 is 1.26 bits per heavy atom. The fraction of sp³-hybridized carbons (Fsp3) is 0.417. The van der Waals surface area contributed by atoms with E-state index in [1.807, 2.05) is 0 Å². The lowest BCUT2D eigenvalue weighted by molar-refractivity contribution is -0.115. The fourth-order valence-electron chi connectivity index (χ4n) is 1.57. The molecule has 1 saturated carbocycles. The quantitative estimate of drug-likeness (QED) is 0.700. The lowest BCUT2D eigenvalue weighted by Gasteiger charge is -2.07. The molecule has 3 N–H and O–H groups in total. The molecule has 19 heavy (non-hydrogen) atoms. The summed E-state index contributed by atoms with van der Waals surface area (Å²) in [7, 11) is -1.75. The van der Waals surface area contributed by atoms with E-state index in [-0.39, 0.29) is 23.4 Å². The van der Waals surface area contributed by atoms with Gasteiger partial charge in [-0.2, -0.15) is 0 Å². The topological polar surface area (TPSA) is 87.3 Å². The van der Waals surface area contributed by atoms with Crippen LogP contribution in [0.2, 0.25) is 0 Å². The molecule has 0 spiro atoms. The summed E-state index contributed by atoms with van der Waals surface area (Å²) in [5, 5.41) is 5.39. The molecule has 7 heteroatoms. The summed E-state index contributed by atoms with van der Waals surface area (Å²) in [5.41, 5.74) is 0.575. The maximum Gasteiger partial charge on any atom is 0.240 e. The van der Waals surface area contributed by atoms with Gasteiger partial charge < -0.3 is 10.6 Å². The van der Waals surface area contributed by atoms with E-state index in [2.05, 4.69) is 15.4 Å². The predicted octanol–water partition coefficient (Wildman–Crippen LogP) is 0.285. The van der Waals surface area contributed by atoms with Crippen LogP contribution >= 0.6 is 0 Å². The van der Waals surface area contributed by atoms with Gasteiger partial charge in [-0.3, -0.25) is 4.79 Å². The van der Waals surface area contributed by atoms with E-state index in [1.54, 1.807) is 19.2 Å². The van der Waals surface area contributed by atoms with Crippen molar-refractivity contribution in [1.82, 2.24) is 10.0 Å². The van der Waals surface area contributed by atoms with Gasteiger partial charge in [0.05, 0.1) is 11.4 Å². The van der Waals surface area contributed by atoms with Gasteiger partial charge in [0.2, 0.25) is 15.9 Å². The summed E-state index contributed by atoms with van der Waals surface area (Å²) in [6.45, 7) is 0.212. The molecule has 0 atom stereocenters. The Balaban J connectivity index is 2.03. The molecule has 0 bridgehead atoms. The van der Waals surface area contributed by atoms with Crippen LogP contribution in [0.15, 0.2) is 29.2 Å². The maximum absolute atomic E-state index is 11.9. The highest BCUT2D eigenvalue weighted by atomic mass is 32.2. The number of nitrogens with one attached hydrogen (secondary N) is 3. The normalized spacial score (nSPS) is 15.2. The molecule has 0 heterocycles. The first-order valence-electron chi connectivity index (χ1n) is 6.08. The van der Waals surface area contributed by atoms with Crippen molar-refractivity contribution < 1.29 is 13.2 Å². The van der Waals surface area contributed by atoms with Crippen LogP contribution in [0.3, 0.4) is 0 Å². The molecule has 1 aliphatic rings. The van der Waals surface area contributed by atoms with Gasteiger partial charge in [-0.15, -0.1) is 0 Å². The van der Waals surface area contributed by atoms with E-state index in [4.69, 9.17) is 0 Å². The molecule has 1 amide bonds. The van der Waals surface area contributed by atoms with Crippen molar-refractivity contribution in [2.45, 2.75) is 23.8 Å². The Labute approximate surface area is 112 Å². The standard InChI is InChI=1S/C12H17N3O3S/c1-13-8-12(16)14-9-4-6-11(7-5-9)19(17,18)15-10-2-3-10/h4-7,10,13,15H,2-3,8H2,1H3,(H,14,16). The average molecular weight is 283 g/mol. The summed E-state index contributed by atoms with van der Waals surface area (Å²) in [6, 6.07) is 6.21. The SMILES string of the molecule is CNCC(=O)Nc1ccc(S(=O)(=O)NC2CC2)cc1. The zero-order chi connectivity index (χ0) is 13.9. The molecule has 0 aliphatic heterocycles. The number of anilines is 1. The molecule has 1 aromatic carbocycles. The van der Waals surface area contributed by atoms with Crippen LogP contribution in [0.1, 0.15) is 12.8 Å². The molecule has 0 aromatic heterocycles. The number of carbonyl (C=O) groups excluding carboxylic acids is 1. The second kappa shape index (κ2) is 5.68. The zero-order valence-electron chi connectivity index (χ0n) is 10.6. The smallest absolute Gasteiger partial charge is 0.240 e. The molecule has 0 saturated heterocycles. The van der Waals surface area contributed by atoms with Crippen LogP contribution in [0.4, 0.5) is 5.69 Å². The molecular formula is C12H17N3O3S. The Hall–Kier alpha value is -1.44. The fourth-order valence-corrected chi connectivity index (χ4v) is 2.88. The van der Waals surface area contributed by atoms with E-state index in [9.17, 15) is 13.2 Å². The van der Waals surface area contributed by atoms with Crippen molar-refractivity contribution in [2.75, 3.05) is 18.9 Å². The van der Waals surface area contributed by atoms with Crippen molar-refractivity contribution in [1.29, 1.82) is 0 Å². The third-order valence-corrected chi connectivity index (χ3v) is 4.22. The lowest BCUT2D eigenvalue weighted by atomic mass is 10.3. The summed E-state index contributed by atoms with van der Waals surface area (Å²) in [4.78, 5) is 11.6. The van der Waals surface area contributed by atoms with E-state index < -0.39 is 10.0 Å². The van der Waals surface area contributed by atoms with Gasteiger partial charge in [0, 0.05) is 11.7 Å². The van der Waals surface area contributed by atoms with Crippen molar-refractivity contribution in [2.24, 2.45) is 0 Å². The Morgan fingerprint density at radius 3 is 2.42 bits per heavy atom. The van der Waals surface area contributed by atoms with Crippen LogP contribution in [-0.4, -0.2) is 34.0 Å². The molecule has 1 aromatic rings. The first-order chi connectivity index (χ1) is 9.01. The van der Waals surface area contributed by atoms with Crippen LogP contribution in [0, 0.1) is 0 Å². The summed E-state index contributed by atoms with van der Waals surface area (Å²) in [6.07, 6.45) is 1.80. The molecule has 2 rings (SSSR count). The van der Waals surface area contributed by atoms with Crippen LogP contribution < -0.4 is 15.4 Å². The van der Waals surface area contributed by atoms with Gasteiger partial charge >= 0.3 is 0 Å². The summed E-state index contributed by atoms with van der Waals surface area (Å²) < 4.78 is 26.4. The number of rotatable bonds is 6. The molecule has 0 unspecified atom stereocenters. The van der Waals surface area contributed by atoms with E-state index >= 15 is 0 Å². The second-order valence-corrected chi connectivity index (χ2v) is 6.21. The van der Waals surface area contributed by atoms with Gasteiger partial charge in [0.15, 0.2) is 0 Å². The molecule has 1 fully saturated rings. The predicted molar refractivity (Wildman–Crippen MR) is 72.3 cm³/mol. The second-order valence-electron chi connectivity index (χ2n) is 4.50. The average Bonchev–Trinajstić information content (AvgIpc) is 3.13. The third-order valence-electron chi connectivity index (χ3n) is 2.68. The molecule has 1 aliphatic carbocycles. The van der Waals surface area contributed by atoms with Gasteiger partial charge in [-0.1, -0.05) is 0 Å².